The molecular formula is C16H32N2O4. The molecule has 0 aliphatic heterocycles. The Morgan fingerprint density at radius 2 is 1.77 bits per heavy atom. The van der Waals surface area contributed by atoms with E-state index in [2.05, 4.69) is 5.32 Å². The highest BCUT2D eigenvalue weighted by Crippen LogP contribution is 2.26. The molecule has 4 N–H and O–H groups in total. The van der Waals surface area contributed by atoms with Gasteiger partial charge < -0.3 is 25.7 Å². The van der Waals surface area contributed by atoms with E-state index in [4.69, 9.17) is 10.1 Å². The largest absolute Gasteiger partial charge is 0.444 e. The number of amides is 1. The molecule has 0 rings (SSSR count). The second-order valence-corrected chi connectivity index (χ2v) is 7.08. The summed E-state index contributed by atoms with van der Waals surface area (Å²) in [6.45, 7) is 10.9. The van der Waals surface area contributed by atoms with E-state index in [1.165, 1.54) is 0 Å². The smallest absolute Gasteiger partial charge is 0.407 e. The summed E-state index contributed by atoms with van der Waals surface area (Å²) in [5.74, 6) is 0.00864. The average Bonchev–Trinajstić information content (AvgIpc) is 2.36. The lowest BCUT2D eigenvalue weighted by Gasteiger charge is -2.34. The van der Waals surface area contributed by atoms with Gasteiger partial charge in [0.05, 0.1) is 6.61 Å². The highest BCUT2D eigenvalue weighted by atomic mass is 16.6. The molecule has 0 aromatic carbocycles. The van der Waals surface area contributed by atoms with Crippen molar-refractivity contribution in [3.05, 3.63) is 0 Å². The van der Waals surface area contributed by atoms with E-state index in [9.17, 15) is 15.0 Å². The third-order valence-electron chi connectivity index (χ3n) is 3.77. The number of alkyl carbamates (subject to hydrolysis) is 1. The summed E-state index contributed by atoms with van der Waals surface area (Å²) in [7, 11) is 0. The maximum Gasteiger partial charge on any atom is 0.407 e. The monoisotopic (exact) mass is 316 g/mol. The Balaban J connectivity index is 5.20. The summed E-state index contributed by atoms with van der Waals surface area (Å²) >= 11 is 0. The lowest BCUT2D eigenvalue weighted by molar-refractivity contribution is 0.0471. The zero-order valence-electron chi connectivity index (χ0n) is 14.6. The van der Waals surface area contributed by atoms with Crippen molar-refractivity contribution in [3.63, 3.8) is 0 Å². The molecule has 6 heteroatoms. The molecule has 1 unspecified atom stereocenters. The van der Waals surface area contributed by atoms with Crippen molar-refractivity contribution >= 4 is 11.8 Å². The minimum atomic E-state index is -0.614. The molecular weight excluding hydrogens is 284 g/mol. The van der Waals surface area contributed by atoms with Gasteiger partial charge in [-0.2, -0.15) is 0 Å². The fourth-order valence-corrected chi connectivity index (χ4v) is 2.39. The van der Waals surface area contributed by atoms with Crippen LogP contribution in [0.2, 0.25) is 0 Å². The van der Waals surface area contributed by atoms with Crippen molar-refractivity contribution < 1.29 is 19.7 Å². The third kappa shape index (κ3) is 7.22. The van der Waals surface area contributed by atoms with E-state index in [-0.39, 0.29) is 36.7 Å². The Morgan fingerprint density at radius 1 is 1.23 bits per heavy atom. The molecule has 22 heavy (non-hydrogen) atoms. The van der Waals surface area contributed by atoms with Crippen LogP contribution in [0.5, 0.6) is 0 Å². The minimum absolute atomic E-state index is 0.0751. The van der Waals surface area contributed by atoms with E-state index < -0.39 is 17.7 Å². The highest BCUT2D eigenvalue weighted by Gasteiger charge is 2.33. The molecule has 0 heterocycles. The van der Waals surface area contributed by atoms with Crippen molar-refractivity contribution in [3.8, 4) is 0 Å². The van der Waals surface area contributed by atoms with Gasteiger partial charge in [0.1, 0.15) is 5.60 Å². The molecule has 1 amide bonds. The Kier molecular flexibility index (Phi) is 8.63. The van der Waals surface area contributed by atoms with Crippen molar-refractivity contribution in [2.75, 3.05) is 13.2 Å². The molecule has 0 saturated carbocycles. The highest BCUT2D eigenvalue weighted by molar-refractivity contribution is 5.86. The molecule has 0 fully saturated rings. The second-order valence-electron chi connectivity index (χ2n) is 7.08. The van der Waals surface area contributed by atoms with Crippen LogP contribution in [0.1, 0.15) is 48.0 Å². The van der Waals surface area contributed by atoms with Gasteiger partial charge in [-0.3, -0.25) is 0 Å². The molecule has 0 bridgehead atoms. The Morgan fingerprint density at radius 3 is 2.14 bits per heavy atom. The Labute approximate surface area is 133 Å². The van der Waals surface area contributed by atoms with E-state index in [1.54, 1.807) is 20.8 Å². The van der Waals surface area contributed by atoms with E-state index >= 15 is 0 Å². The minimum Gasteiger partial charge on any atom is -0.444 e. The lowest BCUT2D eigenvalue weighted by Crippen LogP contribution is -2.49. The van der Waals surface area contributed by atoms with Gasteiger partial charge in [-0.25, -0.2) is 4.79 Å². The van der Waals surface area contributed by atoms with Crippen LogP contribution in [0.15, 0.2) is 0 Å². The number of aliphatic hydroxyl groups is 2. The first-order chi connectivity index (χ1) is 10.0. The van der Waals surface area contributed by atoms with Crippen LogP contribution in [0, 0.1) is 23.2 Å². The molecule has 0 aromatic rings. The van der Waals surface area contributed by atoms with Crippen molar-refractivity contribution in [1.29, 1.82) is 5.41 Å². The van der Waals surface area contributed by atoms with E-state index in [1.807, 2.05) is 20.8 Å². The number of hydrogen-bond acceptors (Lipinski definition) is 5. The molecule has 0 aliphatic rings. The summed E-state index contributed by atoms with van der Waals surface area (Å²) in [6.07, 6.45) is -0.263. The van der Waals surface area contributed by atoms with Gasteiger partial charge in [0.2, 0.25) is 0 Å². The number of carbonyl (C=O) groups is 1. The SMILES string of the molecule is CC(C)[C@@H](C)[C@@H](C(=N)CO)C(CCO)NC(=O)OC(C)(C)C. The van der Waals surface area contributed by atoms with Crippen LogP contribution in [0.4, 0.5) is 4.79 Å². The fourth-order valence-electron chi connectivity index (χ4n) is 2.39. The van der Waals surface area contributed by atoms with Gasteiger partial charge in [-0.15, -0.1) is 0 Å². The van der Waals surface area contributed by atoms with Crippen LogP contribution in [-0.2, 0) is 4.74 Å². The van der Waals surface area contributed by atoms with E-state index in [0.717, 1.165) is 0 Å². The van der Waals surface area contributed by atoms with Crippen LogP contribution < -0.4 is 5.32 Å². The molecule has 0 aromatic heterocycles. The zero-order valence-corrected chi connectivity index (χ0v) is 14.6. The average molecular weight is 316 g/mol. The first kappa shape index (κ1) is 20.9. The van der Waals surface area contributed by atoms with Gasteiger partial charge >= 0.3 is 6.09 Å². The molecule has 0 radical (unpaired) electrons. The molecule has 0 aliphatic carbocycles. The summed E-state index contributed by atoms with van der Waals surface area (Å²) < 4.78 is 5.25. The van der Waals surface area contributed by atoms with Gasteiger partial charge in [0, 0.05) is 24.3 Å². The van der Waals surface area contributed by atoms with Gasteiger partial charge in [-0.1, -0.05) is 20.8 Å². The predicted molar refractivity (Wildman–Crippen MR) is 87.2 cm³/mol. The van der Waals surface area contributed by atoms with Gasteiger partial charge in [0.25, 0.3) is 0 Å². The van der Waals surface area contributed by atoms with Crippen molar-refractivity contribution in [2.24, 2.45) is 17.8 Å². The normalized spacial score (nSPS) is 16.0. The number of rotatable bonds is 8. The molecule has 0 spiro atoms. The van der Waals surface area contributed by atoms with E-state index in [0.29, 0.717) is 6.42 Å². The summed E-state index contributed by atoms with van der Waals surface area (Å²) in [5, 5.41) is 29.4. The molecule has 0 saturated heterocycles. The van der Waals surface area contributed by atoms with Crippen LogP contribution in [0.3, 0.4) is 0 Å². The maximum absolute atomic E-state index is 12.0. The second kappa shape index (κ2) is 9.10. The lowest BCUT2D eigenvalue weighted by atomic mass is 9.76. The van der Waals surface area contributed by atoms with Crippen molar-refractivity contribution in [2.45, 2.75) is 59.6 Å². The number of ether oxygens (including phenoxy) is 1. The third-order valence-corrected chi connectivity index (χ3v) is 3.77. The maximum atomic E-state index is 12.0. The molecule has 6 nitrogen and oxygen atoms in total. The standard InChI is InChI=1S/C16H32N2O4/c1-10(2)11(3)14(12(17)9-20)13(7-8-19)18-15(21)22-16(4,5)6/h10-11,13-14,17,19-20H,7-9H2,1-6H3,(H,18,21)/t11-,13?,14+/m1/s1. The Hall–Kier alpha value is -1.14. The zero-order chi connectivity index (χ0) is 17.5. The number of hydrogen-bond donors (Lipinski definition) is 4. The molecule has 3 atom stereocenters. The fraction of sp³-hybridized carbons (Fsp3) is 0.875. The number of aliphatic hydroxyl groups excluding tert-OH is 2. The van der Waals surface area contributed by atoms with Gasteiger partial charge in [0.15, 0.2) is 0 Å². The summed E-state index contributed by atoms with van der Waals surface area (Å²) in [5.41, 5.74) is -0.451. The quantitative estimate of drug-likeness (QED) is 0.515. The number of nitrogens with one attached hydrogen (secondary N) is 2. The number of carbonyl (C=O) groups excluding carboxylic acids is 1. The van der Waals surface area contributed by atoms with Crippen LogP contribution in [0.25, 0.3) is 0 Å². The summed E-state index contributed by atoms with van der Waals surface area (Å²) in [4.78, 5) is 12.0. The Bertz CT molecular complexity index is 364. The van der Waals surface area contributed by atoms with Gasteiger partial charge in [-0.05, 0) is 39.0 Å². The summed E-state index contributed by atoms with van der Waals surface area (Å²) in [6, 6.07) is -0.447. The predicted octanol–water partition coefficient (Wildman–Crippen LogP) is 2.18. The van der Waals surface area contributed by atoms with Crippen molar-refractivity contribution in [1.82, 2.24) is 5.32 Å². The topological polar surface area (TPSA) is 103 Å². The first-order valence-corrected chi connectivity index (χ1v) is 7.82. The van der Waals surface area contributed by atoms with Crippen LogP contribution in [-0.4, -0.2) is 46.9 Å². The van der Waals surface area contributed by atoms with Crippen LogP contribution >= 0.6 is 0 Å². The first-order valence-electron chi connectivity index (χ1n) is 7.82. The molecule has 130 valence electrons.